The maximum Gasteiger partial charge on any atom is 0.326 e. The molecule has 30 N–H and O–H groups in total. The molecule has 1 aliphatic heterocycles. The Kier molecular flexibility index (Phi) is 40.3. The Bertz CT molecular complexity index is 3670. The number of aliphatic carboxylic acids is 1. The molecule has 4 rings (SSSR count). The number of aliphatic imine (C=N–C) groups is 3. The van der Waals surface area contributed by atoms with Crippen LogP contribution >= 0.6 is 0 Å². The van der Waals surface area contributed by atoms with Crippen molar-refractivity contribution in [3.05, 3.63) is 83.9 Å². The zero-order chi connectivity index (χ0) is 83.0. The van der Waals surface area contributed by atoms with Gasteiger partial charge in [-0.3, -0.25) is 72.5 Å². The first kappa shape index (κ1) is 92.7. The van der Waals surface area contributed by atoms with Gasteiger partial charge in [0, 0.05) is 57.3 Å². The molecule has 0 bridgehead atoms. The molecule has 13 atom stereocenters. The number of guanidine groups is 3. The molecule has 40 heteroatoms. The van der Waals surface area contributed by atoms with Gasteiger partial charge in [0.15, 0.2) is 17.9 Å². The van der Waals surface area contributed by atoms with Crippen molar-refractivity contribution in [1.82, 2.24) is 73.4 Å². The van der Waals surface area contributed by atoms with Gasteiger partial charge in [0.2, 0.25) is 70.9 Å². The quantitative estimate of drug-likeness (QED) is 0.0142. The summed E-state index contributed by atoms with van der Waals surface area (Å²) in [6.07, 6.45) is 5.22. The van der Waals surface area contributed by atoms with Crippen molar-refractivity contribution in [3.63, 3.8) is 0 Å². The molecule has 0 aliphatic carbocycles. The minimum absolute atomic E-state index is 0.0262. The van der Waals surface area contributed by atoms with Crippen LogP contribution in [0.5, 0.6) is 5.75 Å². The highest BCUT2D eigenvalue weighted by atomic mass is 16.4. The van der Waals surface area contributed by atoms with Crippen molar-refractivity contribution < 1.29 is 72.5 Å². The van der Waals surface area contributed by atoms with Gasteiger partial charge in [-0.1, -0.05) is 83.0 Å². The number of nitrogens with one attached hydrogen (secondary N) is 12. The summed E-state index contributed by atoms with van der Waals surface area (Å²) in [6.45, 7) is 7.53. The number of benzene rings is 2. The fourth-order valence-corrected chi connectivity index (χ4v) is 11.8. The van der Waals surface area contributed by atoms with Gasteiger partial charge in [-0.2, -0.15) is 0 Å². The zero-order valence-electron chi connectivity index (χ0n) is 64.2. The molecule has 1 saturated heterocycles. The summed E-state index contributed by atoms with van der Waals surface area (Å²) in [6, 6.07) is -0.00850. The molecule has 1 aromatic heterocycles. The highest BCUT2D eigenvalue weighted by Crippen LogP contribution is 2.20. The average molecular weight is 1570 g/mol. The fraction of sp³-hybridized carbons (Fsp3) is 0.569. The Hall–Kier alpha value is -11.7. The standard InChI is InChI=1S/C72H115N25O15/c1-6-40(3)57(95-65(107)52(35-45-36-81-39-87-45)93-68(110)58(41(4)7-2)96-63(105)50(22-15-31-84-72(79)80)91-62(104)49(20-11-12-28-73)90-60(102)47(74)19-13-29-82-70(75)76)67(109)86-38-56(100)97-32-16-23-54(97)66(108)85-37-55(99)89-48(21-14-30-83-71(77)78)61(103)88-42(5)59(101)92-51(33-43-17-9-8-10-18-43)64(106)94-53(69(111)112)34-44-24-26-46(98)27-25-44/h8-10,17-18,24-27,36,39-42,47-54,57-58,98H,6-7,11-16,19-23,28-35,37-38,73-74H2,1-5H3,(H,81,87)(H,85,108)(H,86,109)(H,88,103)(H,89,99)(H,90,102)(H,91,104)(H,92,101)(H,93,110)(H,94,106)(H,95,107)(H,96,105)(H,111,112)(H4,75,76,82)(H4,77,78,83)(H4,79,80,84)/t40-,41-,42-,47-,48-,49-,50-,51-,52-,53-,54-,57-,58-/m0/s1. The zero-order valence-corrected chi connectivity index (χ0v) is 64.2. The Morgan fingerprint density at radius 3 is 1.55 bits per heavy atom. The number of phenolic OH excluding ortho intramolecular Hbond substituents is 1. The van der Waals surface area contributed by atoms with Gasteiger partial charge in [0.05, 0.1) is 25.5 Å². The number of H-pyrrole nitrogens is 1. The first-order valence-electron chi connectivity index (χ1n) is 37.5. The number of carbonyl (C=O) groups is 13. The number of hydrogen-bond acceptors (Lipinski definition) is 20. The highest BCUT2D eigenvalue weighted by molar-refractivity contribution is 5.99. The smallest absolute Gasteiger partial charge is 0.326 e. The van der Waals surface area contributed by atoms with Crippen molar-refractivity contribution >= 4 is 94.7 Å². The Morgan fingerprint density at radius 2 is 1.00 bits per heavy atom. The predicted octanol–water partition coefficient (Wildman–Crippen LogP) is -5.46. The SMILES string of the molecule is CC[C@H](C)[C@H](NC(=O)[C@H](Cc1cnc[nH]1)NC(=O)[C@@H](NC(=O)[C@H](CCCN=C(N)N)NC(=O)[C@H](CCCCN)NC(=O)[C@@H](N)CCCN=C(N)N)[C@@H](C)CC)C(=O)NCC(=O)N1CCC[C@H]1C(=O)NCC(=O)N[C@@H](CCCN=C(N)N)C(=O)N[C@@H](C)C(=O)N[C@@H](Cc1ccccc1)C(=O)N[C@@H](Cc1ccc(O)cc1)C(=O)O. The third-order valence-corrected chi connectivity index (χ3v) is 18.6. The molecular formula is C72H115N25O15. The predicted molar refractivity (Wildman–Crippen MR) is 415 cm³/mol. The molecule has 3 aromatic rings. The molecule has 618 valence electrons. The second kappa shape index (κ2) is 48.7. The molecule has 1 aliphatic rings. The highest BCUT2D eigenvalue weighted by Gasteiger charge is 2.39. The molecule has 1 fully saturated rings. The number of carboxylic acid groups (broad SMARTS) is 1. The number of phenols is 1. The summed E-state index contributed by atoms with van der Waals surface area (Å²) in [5.74, 6) is -12.7. The lowest BCUT2D eigenvalue weighted by atomic mass is 9.96. The van der Waals surface area contributed by atoms with Gasteiger partial charge < -0.3 is 124 Å². The van der Waals surface area contributed by atoms with E-state index in [1.165, 1.54) is 48.6 Å². The number of carboxylic acids is 1. The number of imidazole rings is 1. The minimum atomic E-state index is -1.45. The molecule has 12 amide bonds. The number of carbonyl (C=O) groups excluding carboxylic acids is 12. The summed E-state index contributed by atoms with van der Waals surface area (Å²) < 4.78 is 0. The third kappa shape index (κ3) is 33.2. The number of hydrogen-bond donors (Lipinski definition) is 22. The van der Waals surface area contributed by atoms with Crippen molar-refractivity contribution in [2.24, 2.45) is 72.7 Å². The van der Waals surface area contributed by atoms with Gasteiger partial charge >= 0.3 is 5.97 Å². The van der Waals surface area contributed by atoms with Gasteiger partial charge in [-0.05, 0) is 119 Å². The van der Waals surface area contributed by atoms with Crippen LogP contribution in [0.1, 0.15) is 135 Å². The summed E-state index contributed by atoms with van der Waals surface area (Å²) in [5.41, 5.74) is 46.4. The lowest BCUT2D eigenvalue weighted by Crippen LogP contribution is -2.61. The maximum atomic E-state index is 14.7. The fourth-order valence-electron chi connectivity index (χ4n) is 11.8. The van der Waals surface area contributed by atoms with Crippen molar-refractivity contribution in [2.45, 2.75) is 204 Å². The van der Waals surface area contributed by atoms with Crippen LogP contribution in [0.25, 0.3) is 0 Å². The van der Waals surface area contributed by atoms with E-state index in [-0.39, 0.29) is 114 Å². The number of aromatic hydroxyl groups is 1. The molecule has 0 radical (unpaired) electrons. The van der Waals surface area contributed by atoms with E-state index in [2.05, 4.69) is 83.4 Å². The number of aromatic nitrogens is 2. The molecule has 2 aromatic carbocycles. The van der Waals surface area contributed by atoms with Crippen LogP contribution in [-0.4, -0.2) is 232 Å². The molecule has 40 nitrogen and oxygen atoms in total. The van der Waals surface area contributed by atoms with Gasteiger partial charge in [0.25, 0.3) is 0 Å². The number of aromatic amines is 1. The summed E-state index contributed by atoms with van der Waals surface area (Å²) >= 11 is 0. The van der Waals surface area contributed by atoms with Crippen LogP contribution in [-0.2, 0) is 81.6 Å². The summed E-state index contributed by atoms with van der Waals surface area (Å²) in [7, 11) is 0. The first-order valence-corrected chi connectivity index (χ1v) is 37.5. The largest absolute Gasteiger partial charge is 0.508 e. The van der Waals surface area contributed by atoms with E-state index in [0.29, 0.717) is 61.9 Å². The van der Waals surface area contributed by atoms with Crippen LogP contribution in [0.4, 0.5) is 0 Å². The number of rotatable bonds is 50. The normalized spacial score (nSPS) is 15.6. The average Bonchev–Trinajstić information content (AvgIpc) is 1.66. The molecule has 0 saturated carbocycles. The third-order valence-electron chi connectivity index (χ3n) is 18.6. The second-order valence-electron chi connectivity index (χ2n) is 27.5. The van der Waals surface area contributed by atoms with Gasteiger partial charge in [-0.15, -0.1) is 0 Å². The summed E-state index contributed by atoms with van der Waals surface area (Å²) in [5, 5.41) is 48.7. The Labute approximate surface area is 650 Å². The number of nitrogens with zero attached hydrogens (tertiary/aromatic N) is 5. The number of amides is 12. The van der Waals surface area contributed by atoms with Gasteiger partial charge in [0.1, 0.15) is 66.2 Å². The topological polar surface area (TPSA) is 672 Å². The molecule has 0 spiro atoms. The van der Waals surface area contributed by atoms with Crippen molar-refractivity contribution in [2.75, 3.05) is 45.8 Å². The number of likely N-dealkylation sites (tertiary alicyclic amines) is 1. The number of nitrogens with two attached hydrogens (primary N) is 8. The molecular weight excluding hydrogens is 1450 g/mol. The van der Waals surface area contributed by atoms with E-state index in [9.17, 15) is 72.5 Å². The maximum absolute atomic E-state index is 14.7. The van der Waals surface area contributed by atoms with Crippen molar-refractivity contribution in [1.29, 1.82) is 0 Å². The molecule has 112 heavy (non-hydrogen) atoms. The number of unbranched alkanes of at least 4 members (excludes halogenated alkanes) is 1. The van der Waals surface area contributed by atoms with Crippen LogP contribution in [0.3, 0.4) is 0 Å². The lowest BCUT2D eigenvalue weighted by Gasteiger charge is -2.30. The monoisotopic (exact) mass is 1570 g/mol. The summed E-state index contributed by atoms with van der Waals surface area (Å²) in [4.78, 5) is 201. The van der Waals surface area contributed by atoms with E-state index in [1.807, 2.05) is 0 Å². The van der Waals surface area contributed by atoms with E-state index < -0.39 is 168 Å². The van der Waals surface area contributed by atoms with Crippen molar-refractivity contribution in [3.8, 4) is 5.75 Å². The van der Waals surface area contributed by atoms with Crippen LogP contribution in [0.2, 0.25) is 0 Å². The second-order valence-corrected chi connectivity index (χ2v) is 27.5. The lowest BCUT2D eigenvalue weighted by molar-refractivity contribution is -0.142. The Morgan fingerprint density at radius 1 is 0.527 bits per heavy atom. The van der Waals surface area contributed by atoms with E-state index >= 15 is 0 Å². The van der Waals surface area contributed by atoms with Crippen LogP contribution in [0, 0.1) is 11.8 Å². The van der Waals surface area contributed by atoms with E-state index in [1.54, 1.807) is 58.0 Å². The molecule has 0 unspecified atom stereocenters. The van der Waals surface area contributed by atoms with E-state index in [4.69, 9.17) is 45.9 Å². The minimum Gasteiger partial charge on any atom is -0.508 e. The first-order chi connectivity index (χ1) is 53.2. The van der Waals surface area contributed by atoms with Crippen LogP contribution in [0.15, 0.2) is 82.1 Å². The van der Waals surface area contributed by atoms with Gasteiger partial charge in [-0.25, -0.2) is 9.78 Å². The van der Waals surface area contributed by atoms with Crippen LogP contribution < -0.4 is 104 Å². The van der Waals surface area contributed by atoms with E-state index in [0.717, 1.165) is 0 Å². The Balaban J connectivity index is 1.45. The molecule has 2 heterocycles.